The van der Waals surface area contributed by atoms with Crippen molar-refractivity contribution in [1.29, 1.82) is 0 Å². The van der Waals surface area contributed by atoms with Gasteiger partial charge in [0.1, 0.15) is 0 Å². The highest BCUT2D eigenvalue weighted by atomic mass is 35.5. The lowest BCUT2D eigenvalue weighted by molar-refractivity contribution is -0.385. The highest BCUT2D eigenvalue weighted by molar-refractivity contribution is 7.80. The number of rotatable bonds is 5. The first kappa shape index (κ1) is 24.4. The summed E-state index contributed by atoms with van der Waals surface area (Å²) in [7, 11) is 0. The molecule has 0 bridgehead atoms. The maximum Gasteiger partial charge on any atom is 0.273 e. The summed E-state index contributed by atoms with van der Waals surface area (Å²) in [6.07, 6.45) is 0.498. The first-order valence-corrected chi connectivity index (χ1v) is 11.2. The predicted molar refractivity (Wildman–Crippen MR) is 132 cm³/mol. The lowest BCUT2D eigenvalue weighted by Crippen LogP contribution is -2.48. The number of nitrogens with zero attached hydrogens (tertiary/aromatic N) is 3. The smallest absolute Gasteiger partial charge is 0.273 e. The van der Waals surface area contributed by atoms with Crippen molar-refractivity contribution < 1.29 is 14.5 Å². The van der Waals surface area contributed by atoms with Crippen LogP contribution >= 0.6 is 23.8 Å². The van der Waals surface area contributed by atoms with E-state index in [1.807, 2.05) is 17.9 Å². The molecule has 0 unspecified atom stereocenters. The Balaban J connectivity index is 1.62. The number of nitro groups is 1. The monoisotopic (exact) mass is 489 g/mol. The zero-order valence-corrected chi connectivity index (χ0v) is 19.8. The van der Waals surface area contributed by atoms with E-state index in [0.29, 0.717) is 43.3 Å². The molecule has 1 aliphatic rings. The fraction of sp³-hybridized carbons (Fsp3) is 0.318. The summed E-state index contributed by atoms with van der Waals surface area (Å²) in [6.45, 7) is 6.05. The molecule has 0 saturated carbocycles. The number of carbonyl (C=O) groups is 2. The Morgan fingerprint density at radius 1 is 1.18 bits per heavy atom. The lowest BCUT2D eigenvalue weighted by Gasteiger charge is -2.36. The van der Waals surface area contributed by atoms with E-state index in [2.05, 4.69) is 15.5 Å². The van der Waals surface area contributed by atoms with E-state index in [1.165, 1.54) is 25.1 Å². The molecule has 2 aromatic carbocycles. The Morgan fingerprint density at radius 3 is 2.48 bits per heavy atom. The SMILES string of the molecule is CCC(=O)N1CCN(c2ccc(NC(=S)NC(=O)c3cccc([N+](=O)[O-])c3C)cc2Cl)CC1. The second-order valence-corrected chi connectivity index (χ2v) is 8.32. The number of benzene rings is 2. The van der Waals surface area contributed by atoms with Gasteiger partial charge in [-0.05, 0) is 43.4 Å². The Hall–Kier alpha value is -3.24. The highest BCUT2D eigenvalue weighted by Crippen LogP contribution is 2.30. The fourth-order valence-electron chi connectivity index (χ4n) is 3.66. The number of nitro benzene ring substituents is 1. The summed E-state index contributed by atoms with van der Waals surface area (Å²) in [6, 6.07) is 9.65. The number of thiocarbonyl (C=S) groups is 1. The van der Waals surface area contributed by atoms with Gasteiger partial charge in [0.25, 0.3) is 11.6 Å². The van der Waals surface area contributed by atoms with E-state index in [0.717, 1.165) is 5.69 Å². The van der Waals surface area contributed by atoms with Crippen LogP contribution in [0.15, 0.2) is 36.4 Å². The second-order valence-electron chi connectivity index (χ2n) is 7.50. The molecule has 9 nitrogen and oxygen atoms in total. The van der Waals surface area contributed by atoms with Gasteiger partial charge in [-0.15, -0.1) is 0 Å². The van der Waals surface area contributed by atoms with Gasteiger partial charge in [-0.2, -0.15) is 0 Å². The Bertz CT molecular complexity index is 1100. The van der Waals surface area contributed by atoms with E-state index >= 15 is 0 Å². The van der Waals surface area contributed by atoms with Crippen LogP contribution in [0.2, 0.25) is 5.02 Å². The molecule has 1 heterocycles. The predicted octanol–water partition coefficient (Wildman–Crippen LogP) is 3.74. The average molecular weight is 490 g/mol. The van der Waals surface area contributed by atoms with Gasteiger partial charge in [0.2, 0.25) is 5.91 Å². The number of halogens is 1. The van der Waals surface area contributed by atoms with E-state index in [-0.39, 0.29) is 27.8 Å². The number of hydrogen-bond donors (Lipinski definition) is 2. The molecule has 3 rings (SSSR count). The van der Waals surface area contributed by atoms with Gasteiger partial charge < -0.3 is 15.1 Å². The topological polar surface area (TPSA) is 108 Å². The Morgan fingerprint density at radius 2 is 1.88 bits per heavy atom. The third kappa shape index (κ3) is 5.77. The van der Waals surface area contributed by atoms with Crippen molar-refractivity contribution in [3.63, 3.8) is 0 Å². The molecule has 1 saturated heterocycles. The zero-order valence-electron chi connectivity index (χ0n) is 18.3. The van der Waals surface area contributed by atoms with Crippen molar-refractivity contribution in [1.82, 2.24) is 10.2 Å². The quantitative estimate of drug-likeness (QED) is 0.374. The van der Waals surface area contributed by atoms with E-state index < -0.39 is 10.8 Å². The summed E-state index contributed by atoms with van der Waals surface area (Å²) in [5.41, 5.74) is 1.74. The molecule has 0 aliphatic carbocycles. The molecule has 174 valence electrons. The van der Waals surface area contributed by atoms with E-state index in [9.17, 15) is 19.7 Å². The Labute approximate surface area is 201 Å². The molecule has 11 heteroatoms. The van der Waals surface area contributed by atoms with Crippen LogP contribution in [-0.2, 0) is 4.79 Å². The number of anilines is 2. The number of carbonyl (C=O) groups excluding carboxylic acids is 2. The minimum Gasteiger partial charge on any atom is -0.367 e. The number of piperazine rings is 1. The standard InChI is InChI=1S/C22H24ClN5O4S/c1-3-20(29)27-11-9-26(10-12-27)19-8-7-15(13-17(19)23)24-22(33)25-21(30)16-5-4-6-18(14(16)2)28(31)32/h4-8,13H,3,9-12H2,1-2H3,(H2,24,25,30,33). The summed E-state index contributed by atoms with van der Waals surface area (Å²) in [5.74, 6) is -0.396. The first-order chi connectivity index (χ1) is 15.7. The van der Waals surface area contributed by atoms with Gasteiger partial charge in [-0.3, -0.25) is 25.0 Å². The third-order valence-electron chi connectivity index (χ3n) is 5.45. The minimum atomic E-state index is -0.545. The third-order valence-corrected chi connectivity index (χ3v) is 5.96. The van der Waals surface area contributed by atoms with Crippen molar-refractivity contribution in [3.8, 4) is 0 Å². The molecule has 0 atom stereocenters. The molecule has 1 aliphatic heterocycles. The van der Waals surface area contributed by atoms with Gasteiger partial charge in [-0.1, -0.05) is 24.6 Å². The maximum absolute atomic E-state index is 12.5. The number of amides is 2. The van der Waals surface area contributed by atoms with Gasteiger partial charge >= 0.3 is 0 Å². The molecular formula is C22H24ClN5O4S. The summed E-state index contributed by atoms with van der Waals surface area (Å²) < 4.78 is 0. The van der Waals surface area contributed by atoms with Gasteiger partial charge in [-0.25, -0.2) is 0 Å². The highest BCUT2D eigenvalue weighted by Gasteiger charge is 2.22. The summed E-state index contributed by atoms with van der Waals surface area (Å²) >= 11 is 11.7. The molecule has 2 N–H and O–H groups in total. The average Bonchev–Trinajstić information content (AvgIpc) is 2.78. The first-order valence-electron chi connectivity index (χ1n) is 10.4. The lowest BCUT2D eigenvalue weighted by atomic mass is 10.1. The molecule has 33 heavy (non-hydrogen) atoms. The van der Waals surface area contributed by atoms with Crippen molar-refractivity contribution >= 4 is 57.8 Å². The number of nitrogens with one attached hydrogen (secondary N) is 2. The van der Waals surface area contributed by atoms with Crippen LogP contribution in [0.1, 0.15) is 29.3 Å². The van der Waals surface area contributed by atoms with Crippen molar-refractivity contribution in [2.45, 2.75) is 20.3 Å². The summed E-state index contributed by atoms with van der Waals surface area (Å²) in [4.78, 5) is 38.9. The van der Waals surface area contributed by atoms with Crippen LogP contribution < -0.4 is 15.5 Å². The molecule has 2 aromatic rings. The molecule has 2 amide bonds. The normalized spacial score (nSPS) is 13.4. The van der Waals surface area contributed by atoms with Crippen LogP contribution in [0.4, 0.5) is 17.1 Å². The minimum absolute atomic E-state index is 0.0430. The molecule has 0 spiro atoms. The fourth-order valence-corrected chi connectivity index (χ4v) is 4.17. The van der Waals surface area contributed by atoms with Gasteiger partial charge in [0.15, 0.2) is 5.11 Å². The zero-order chi connectivity index (χ0) is 24.1. The maximum atomic E-state index is 12.5. The molecule has 0 radical (unpaired) electrons. The Kier molecular flexibility index (Phi) is 7.83. The molecule has 1 fully saturated rings. The van der Waals surface area contributed by atoms with Gasteiger partial charge in [0, 0.05) is 55.5 Å². The van der Waals surface area contributed by atoms with Crippen LogP contribution in [0.25, 0.3) is 0 Å². The second kappa shape index (κ2) is 10.6. The van der Waals surface area contributed by atoms with Crippen LogP contribution in [0.5, 0.6) is 0 Å². The molecule has 0 aromatic heterocycles. The molecular weight excluding hydrogens is 466 g/mol. The largest absolute Gasteiger partial charge is 0.367 e. The van der Waals surface area contributed by atoms with Crippen molar-refractivity contribution in [2.75, 3.05) is 36.4 Å². The van der Waals surface area contributed by atoms with Gasteiger partial charge in [0.05, 0.1) is 15.6 Å². The van der Waals surface area contributed by atoms with Crippen LogP contribution in [0.3, 0.4) is 0 Å². The number of hydrogen-bond acceptors (Lipinski definition) is 6. The van der Waals surface area contributed by atoms with Crippen LogP contribution in [-0.4, -0.2) is 52.9 Å². The van der Waals surface area contributed by atoms with Crippen molar-refractivity contribution in [3.05, 3.63) is 62.7 Å². The van der Waals surface area contributed by atoms with E-state index in [1.54, 1.807) is 12.1 Å². The van der Waals surface area contributed by atoms with Crippen molar-refractivity contribution in [2.24, 2.45) is 0 Å². The summed E-state index contributed by atoms with van der Waals surface area (Å²) in [5, 5.41) is 17.1. The van der Waals surface area contributed by atoms with E-state index in [4.69, 9.17) is 23.8 Å². The van der Waals surface area contributed by atoms with Crippen LogP contribution in [0, 0.1) is 17.0 Å².